The van der Waals surface area contributed by atoms with Gasteiger partial charge in [0.1, 0.15) is 17.4 Å². The van der Waals surface area contributed by atoms with E-state index in [0.29, 0.717) is 11.1 Å². The number of oxazole rings is 1. The number of likely N-dealkylation sites (N-methyl/N-ethyl adjacent to an activating group) is 1. The van der Waals surface area contributed by atoms with Crippen LogP contribution in [-0.2, 0) is 9.59 Å². The molecule has 1 aliphatic heterocycles. The summed E-state index contributed by atoms with van der Waals surface area (Å²) in [5.74, 6) is -1.01. The van der Waals surface area contributed by atoms with Gasteiger partial charge < -0.3 is 9.73 Å². The molecule has 1 saturated heterocycles. The molecule has 0 aliphatic carbocycles. The van der Waals surface area contributed by atoms with Crippen LogP contribution in [0.15, 0.2) is 22.6 Å². The number of aromatic nitrogens is 1. The van der Waals surface area contributed by atoms with Crippen LogP contribution in [0.1, 0.15) is 6.42 Å². The standard InChI is InChI=1S/C12H10FN3O3/c1-16-10(17)5-8(11(16)18)15-12-14-7-4-6(13)2-3-9(7)19-12/h2-4,8H,5H2,1H3,(H,14,15)/t8-/m1/s1. The van der Waals surface area contributed by atoms with Crippen LogP contribution in [0.5, 0.6) is 0 Å². The third-order valence-electron chi connectivity index (χ3n) is 3.03. The molecule has 0 radical (unpaired) electrons. The molecule has 2 heterocycles. The lowest BCUT2D eigenvalue weighted by Gasteiger charge is -2.08. The summed E-state index contributed by atoms with van der Waals surface area (Å²) < 4.78 is 18.3. The molecule has 1 aromatic heterocycles. The summed E-state index contributed by atoms with van der Waals surface area (Å²) in [7, 11) is 1.42. The van der Waals surface area contributed by atoms with Crippen LogP contribution in [0.2, 0.25) is 0 Å². The lowest BCUT2D eigenvalue weighted by molar-refractivity contribution is -0.136. The van der Waals surface area contributed by atoms with Crippen LogP contribution in [0.4, 0.5) is 10.4 Å². The average molecular weight is 263 g/mol. The molecule has 0 unspecified atom stereocenters. The van der Waals surface area contributed by atoms with Crippen molar-refractivity contribution in [2.24, 2.45) is 0 Å². The first kappa shape index (κ1) is 11.6. The molecule has 1 fully saturated rings. The first-order chi connectivity index (χ1) is 9.04. The summed E-state index contributed by atoms with van der Waals surface area (Å²) in [6.07, 6.45) is 0.0580. The number of carbonyl (C=O) groups excluding carboxylic acids is 2. The zero-order chi connectivity index (χ0) is 13.6. The molecule has 1 atom stereocenters. The van der Waals surface area contributed by atoms with E-state index in [1.54, 1.807) is 0 Å². The normalized spacial score (nSPS) is 19.5. The second-order valence-corrected chi connectivity index (χ2v) is 4.32. The zero-order valence-corrected chi connectivity index (χ0v) is 10.0. The van der Waals surface area contributed by atoms with Crippen LogP contribution in [0, 0.1) is 5.82 Å². The average Bonchev–Trinajstić information content (AvgIpc) is 2.86. The van der Waals surface area contributed by atoms with Gasteiger partial charge >= 0.3 is 0 Å². The van der Waals surface area contributed by atoms with Gasteiger partial charge in [-0.2, -0.15) is 4.98 Å². The van der Waals surface area contributed by atoms with Crippen LogP contribution in [0.25, 0.3) is 11.1 Å². The Morgan fingerprint density at radius 1 is 1.47 bits per heavy atom. The van der Waals surface area contributed by atoms with E-state index < -0.39 is 11.9 Å². The summed E-state index contributed by atoms with van der Waals surface area (Å²) in [5.41, 5.74) is 0.765. The van der Waals surface area contributed by atoms with Crippen molar-refractivity contribution in [3.63, 3.8) is 0 Å². The van der Waals surface area contributed by atoms with Crippen molar-refractivity contribution in [3.8, 4) is 0 Å². The smallest absolute Gasteiger partial charge is 0.296 e. The third kappa shape index (κ3) is 1.92. The number of imide groups is 1. The van der Waals surface area contributed by atoms with Gasteiger partial charge in [-0.25, -0.2) is 4.39 Å². The molecule has 0 spiro atoms. The SMILES string of the molecule is CN1C(=O)C[C@@H](Nc2nc3cc(F)ccc3o2)C1=O. The summed E-state index contributed by atoms with van der Waals surface area (Å²) >= 11 is 0. The van der Waals surface area contributed by atoms with Crippen LogP contribution >= 0.6 is 0 Å². The predicted molar refractivity (Wildman–Crippen MR) is 63.8 cm³/mol. The van der Waals surface area contributed by atoms with Crippen LogP contribution in [0.3, 0.4) is 0 Å². The van der Waals surface area contributed by atoms with Crippen LogP contribution < -0.4 is 5.32 Å². The lowest BCUT2D eigenvalue weighted by atomic mass is 10.2. The third-order valence-corrected chi connectivity index (χ3v) is 3.03. The number of benzene rings is 1. The van der Waals surface area contributed by atoms with E-state index in [2.05, 4.69) is 10.3 Å². The quantitative estimate of drug-likeness (QED) is 0.822. The molecule has 1 aliphatic rings. The number of rotatable bonds is 2. The minimum atomic E-state index is -0.685. The second-order valence-electron chi connectivity index (χ2n) is 4.32. The predicted octanol–water partition coefficient (Wildman–Crippen LogP) is 1.14. The molecule has 7 heteroatoms. The van der Waals surface area contributed by atoms with Crippen molar-refractivity contribution in [2.45, 2.75) is 12.5 Å². The van der Waals surface area contributed by atoms with Gasteiger partial charge in [0.05, 0.1) is 6.42 Å². The minimum Gasteiger partial charge on any atom is -0.424 e. The van der Waals surface area contributed by atoms with E-state index in [0.717, 1.165) is 4.90 Å². The summed E-state index contributed by atoms with van der Waals surface area (Å²) in [6, 6.07) is 3.36. The lowest BCUT2D eigenvalue weighted by Crippen LogP contribution is -2.31. The van der Waals surface area contributed by atoms with Crippen molar-refractivity contribution in [1.82, 2.24) is 9.88 Å². The fourth-order valence-corrected chi connectivity index (χ4v) is 1.98. The monoisotopic (exact) mass is 263 g/mol. The highest BCUT2D eigenvalue weighted by Crippen LogP contribution is 2.22. The Bertz CT molecular complexity index is 682. The molecule has 98 valence electrons. The highest BCUT2D eigenvalue weighted by Gasteiger charge is 2.36. The number of anilines is 1. The van der Waals surface area contributed by atoms with Gasteiger partial charge in [0.2, 0.25) is 5.91 Å². The fraction of sp³-hybridized carbons (Fsp3) is 0.250. The number of carbonyl (C=O) groups is 2. The van der Waals surface area contributed by atoms with Crippen molar-refractivity contribution < 1.29 is 18.4 Å². The Morgan fingerprint density at radius 3 is 2.95 bits per heavy atom. The van der Waals surface area contributed by atoms with Crippen molar-refractivity contribution >= 4 is 28.9 Å². The number of amides is 2. The minimum absolute atomic E-state index is 0.0580. The molecule has 0 bridgehead atoms. The fourth-order valence-electron chi connectivity index (χ4n) is 1.98. The van der Waals surface area contributed by atoms with E-state index >= 15 is 0 Å². The zero-order valence-electron chi connectivity index (χ0n) is 10.0. The van der Waals surface area contributed by atoms with Gasteiger partial charge in [0.25, 0.3) is 11.9 Å². The number of likely N-dealkylation sites (tertiary alicyclic amines) is 1. The maximum absolute atomic E-state index is 13.0. The van der Waals surface area contributed by atoms with E-state index in [4.69, 9.17) is 4.42 Å². The number of fused-ring (bicyclic) bond motifs is 1. The molecule has 6 nitrogen and oxygen atoms in total. The Hall–Kier alpha value is -2.44. The topological polar surface area (TPSA) is 75.4 Å². The summed E-state index contributed by atoms with van der Waals surface area (Å²) in [5, 5.41) is 2.75. The Balaban J connectivity index is 1.86. The van der Waals surface area contributed by atoms with Crippen molar-refractivity contribution in [1.29, 1.82) is 0 Å². The Morgan fingerprint density at radius 2 is 2.26 bits per heavy atom. The number of nitrogens with one attached hydrogen (secondary N) is 1. The first-order valence-electron chi connectivity index (χ1n) is 5.67. The maximum Gasteiger partial charge on any atom is 0.296 e. The number of hydrogen-bond donors (Lipinski definition) is 1. The van der Waals surface area contributed by atoms with E-state index in [-0.39, 0.29) is 24.2 Å². The Labute approximate surface area is 107 Å². The molecule has 19 heavy (non-hydrogen) atoms. The van der Waals surface area contributed by atoms with E-state index in [1.807, 2.05) is 0 Å². The van der Waals surface area contributed by atoms with Gasteiger partial charge in [-0.05, 0) is 12.1 Å². The molecular weight excluding hydrogens is 253 g/mol. The van der Waals surface area contributed by atoms with E-state index in [9.17, 15) is 14.0 Å². The molecule has 2 aromatic rings. The largest absolute Gasteiger partial charge is 0.424 e. The molecule has 1 aromatic carbocycles. The molecule has 2 amide bonds. The highest BCUT2D eigenvalue weighted by atomic mass is 19.1. The van der Waals surface area contributed by atoms with Gasteiger partial charge in [0, 0.05) is 13.1 Å². The summed E-state index contributed by atoms with van der Waals surface area (Å²) in [6.45, 7) is 0. The number of halogens is 1. The number of hydrogen-bond acceptors (Lipinski definition) is 5. The molecule has 0 saturated carbocycles. The first-order valence-corrected chi connectivity index (χ1v) is 5.67. The number of nitrogens with zero attached hydrogens (tertiary/aromatic N) is 2. The second kappa shape index (κ2) is 4.04. The molecular formula is C12H10FN3O3. The molecule has 3 rings (SSSR count). The highest BCUT2D eigenvalue weighted by molar-refractivity contribution is 6.06. The molecule has 1 N–H and O–H groups in total. The van der Waals surface area contributed by atoms with Crippen LogP contribution in [-0.4, -0.2) is 34.8 Å². The van der Waals surface area contributed by atoms with Crippen molar-refractivity contribution in [2.75, 3.05) is 12.4 Å². The van der Waals surface area contributed by atoms with Gasteiger partial charge in [-0.1, -0.05) is 0 Å². The maximum atomic E-state index is 13.0. The van der Waals surface area contributed by atoms with Gasteiger partial charge in [0.15, 0.2) is 5.58 Å². The van der Waals surface area contributed by atoms with Gasteiger partial charge in [-0.3, -0.25) is 14.5 Å². The van der Waals surface area contributed by atoms with Gasteiger partial charge in [-0.15, -0.1) is 0 Å². The Kier molecular flexibility index (Phi) is 2.48. The van der Waals surface area contributed by atoms with Crippen molar-refractivity contribution in [3.05, 3.63) is 24.0 Å². The summed E-state index contributed by atoms with van der Waals surface area (Å²) in [4.78, 5) is 28.1. The van der Waals surface area contributed by atoms with E-state index in [1.165, 1.54) is 25.2 Å².